The topological polar surface area (TPSA) is 20.3 Å². The highest BCUT2D eigenvalue weighted by Gasteiger charge is 2.24. The van der Waals surface area contributed by atoms with Crippen molar-refractivity contribution in [3.8, 4) is 0 Å². The Bertz CT molecular complexity index is 455. The number of carbonyl (C=O) groups is 1. The Morgan fingerprint density at radius 2 is 1.89 bits per heavy atom. The molecule has 1 amide bonds. The summed E-state index contributed by atoms with van der Waals surface area (Å²) in [5.41, 5.74) is 0.108. The minimum atomic E-state index is -0.544. The SMILES string of the molecule is CN(C(=O)c1ccc(Cl)cc1F)C1CCCCCC1. The van der Waals surface area contributed by atoms with Gasteiger partial charge in [0.25, 0.3) is 5.91 Å². The molecule has 1 aliphatic carbocycles. The van der Waals surface area contributed by atoms with E-state index in [1.54, 1.807) is 18.0 Å². The van der Waals surface area contributed by atoms with Gasteiger partial charge in [-0.25, -0.2) is 4.39 Å². The van der Waals surface area contributed by atoms with Crippen molar-refractivity contribution in [1.82, 2.24) is 4.90 Å². The van der Waals surface area contributed by atoms with Gasteiger partial charge in [0.2, 0.25) is 0 Å². The van der Waals surface area contributed by atoms with Crippen molar-refractivity contribution in [2.24, 2.45) is 0 Å². The van der Waals surface area contributed by atoms with Gasteiger partial charge in [-0.05, 0) is 31.0 Å². The fraction of sp³-hybridized carbons (Fsp3) is 0.533. The van der Waals surface area contributed by atoms with E-state index in [0.717, 1.165) is 25.7 Å². The first-order valence-electron chi connectivity index (χ1n) is 6.82. The maximum absolute atomic E-state index is 13.8. The standard InChI is InChI=1S/C15H19ClFNO/c1-18(12-6-4-2-3-5-7-12)15(19)13-9-8-11(16)10-14(13)17/h8-10,12H,2-7H2,1H3. The Balaban J connectivity index is 2.13. The Labute approximate surface area is 118 Å². The molecule has 1 saturated carbocycles. The molecule has 0 unspecified atom stereocenters. The van der Waals surface area contributed by atoms with E-state index in [1.165, 1.54) is 25.0 Å². The lowest BCUT2D eigenvalue weighted by atomic mass is 10.1. The summed E-state index contributed by atoms with van der Waals surface area (Å²) >= 11 is 5.71. The summed E-state index contributed by atoms with van der Waals surface area (Å²) in [6, 6.07) is 4.44. The van der Waals surface area contributed by atoms with Crippen LogP contribution < -0.4 is 0 Å². The summed E-state index contributed by atoms with van der Waals surface area (Å²) in [4.78, 5) is 14.0. The maximum Gasteiger partial charge on any atom is 0.256 e. The third kappa shape index (κ3) is 3.47. The highest BCUT2D eigenvalue weighted by atomic mass is 35.5. The van der Waals surface area contributed by atoms with Gasteiger partial charge in [-0.1, -0.05) is 37.3 Å². The van der Waals surface area contributed by atoms with Crippen molar-refractivity contribution in [1.29, 1.82) is 0 Å². The first-order chi connectivity index (χ1) is 9.09. The molecule has 1 aromatic carbocycles. The van der Waals surface area contributed by atoms with Crippen LogP contribution in [0.25, 0.3) is 0 Å². The van der Waals surface area contributed by atoms with E-state index in [-0.39, 0.29) is 17.5 Å². The average Bonchev–Trinajstić information content (AvgIpc) is 2.66. The average molecular weight is 284 g/mol. The molecule has 0 N–H and O–H groups in total. The molecule has 0 saturated heterocycles. The highest BCUT2D eigenvalue weighted by molar-refractivity contribution is 6.30. The molecule has 1 aromatic rings. The van der Waals surface area contributed by atoms with Crippen LogP contribution in [-0.2, 0) is 0 Å². The number of rotatable bonds is 2. The smallest absolute Gasteiger partial charge is 0.256 e. The third-order valence-electron chi connectivity index (χ3n) is 3.85. The highest BCUT2D eigenvalue weighted by Crippen LogP contribution is 2.23. The van der Waals surface area contributed by atoms with Gasteiger partial charge < -0.3 is 4.90 Å². The van der Waals surface area contributed by atoms with Crippen LogP contribution in [0.2, 0.25) is 5.02 Å². The summed E-state index contributed by atoms with van der Waals surface area (Å²) in [7, 11) is 1.77. The van der Waals surface area contributed by atoms with Crippen molar-refractivity contribution >= 4 is 17.5 Å². The van der Waals surface area contributed by atoms with Gasteiger partial charge in [0.05, 0.1) is 5.56 Å². The Hall–Kier alpha value is -1.09. The fourth-order valence-electron chi connectivity index (χ4n) is 2.66. The van der Waals surface area contributed by atoms with Crippen LogP contribution in [0.4, 0.5) is 4.39 Å². The van der Waals surface area contributed by atoms with E-state index in [4.69, 9.17) is 11.6 Å². The zero-order valence-electron chi connectivity index (χ0n) is 11.2. The van der Waals surface area contributed by atoms with Crippen LogP contribution in [0.5, 0.6) is 0 Å². The normalized spacial score (nSPS) is 17.0. The molecule has 0 aliphatic heterocycles. The first kappa shape index (κ1) is 14.3. The van der Waals surface area contributed by atoms with E-state index >= 15 is 0 Å². The minimum absolute atomic E-state index is 0.108. The van der Waals surface area contributed by atoms with Gasteiger partial charge in [0, 0.05) is 18.1 Å². The zero-order valence-corrected chi connectivity index (χ0v) is 11.9. The zero-order chi connectivity index (χ0) is 13.8. The van der Waals surface area contributed by atoms with Crippen LogP contribution >= 0.6 is 11.6 Å². The number of halogens is 2. The number of amides is 1. The van der Waals surface area contributed by atoms with Gasteiger partial charge in [0.1, 0.15) is 5.82 Å². The molecule has 0 radical (unpaired) electrons. The summed E-state index contributed by atoms with van der Waals surface area (Å²) in [6.45, 7) is 0. The number of carbonyl (C=O) groups excluding carboxylic acids is 1. The summed E-state index contributed by atoms with van der Waals surface area (Å²) in [5.74, 6) is -0.793. The Kier molecular flexibility index (Phi) is 4.81. The van der Waals surface area contributed by atoms with E-state index in [9.17, 15) is 9.18 Å². The van der Waals surface area contributed by atoms with Crippen LogP contribution in [0, 0.1) is 5.82 Å². The summed E-state index contributed by atoms with van der Waals surface area (Å²) in [5, 5.41) is 0.311. The van der Waals surface area contributed by atoms with Crippen LogP contribution in [0.3, 0.4) is 0 Å². The molecule has 0 spiro atoms. The fourth-order valence-corrected chi connectivity index (χ4v) is 2.82. The molecule has 2 nitrogen and oxygen atoms in total. The molecular weight excluding hydrogens is 265 g/mol. The number of nitrogens with zero attached hydrogens (tertiary/aromatic N) is 1. The number of hydrogen-bond donors (Lipinski definition) is 0. The first-order valence-corrected chi connectivity index (χ1v) is 7.19. The number of hydrogen-bond acceptors (Lipinski definition) is 1. The van der Waals surface area contributed by atoms with E-state index < -0.39 is 5.82 Å². The Morgan fingerprint density at radius 3 is 2.47 bits per heavy atom. The third-order valence-corrected chi connectivity index (χ3v) is 4.09. The predicted molar refractivity (Wildman–Crippen MR) is 75.0 cm³/mol. The Morgan fingerprint density at radius 1 is 1.26 bits per heavy atom. The molecule has 2 rings (SSSR count). The van der Waals surface area contributed by atoms with Crippen molar-refractivity contribution in [2.75, 3.05) is 7.05 Å². The van der Waals surface area contributed by atoms with E-state index in [2.05, 4.69) is 0 Å². The quantitative estimate of drug-likeness (QED) is 0.742. The minimum Gasteiger partial charge on any atom is -0.339 e. The second kappa shape index (κ2) is 6.38. The second-order valence-electron chi connectivity index (χ2n) is 5.19. The molecule has 4 heteroatoms. The monoisotopic (exact) mass is 283 g/mol. The lowest BCUT2D eigenvalue weighted by Gasteiger charge is -2.27. The van der Waals surface area contributed by atoms with Crippen molar-refractivity contribution in [2.45, 2.75) is 44.6 Å². The number of benzene rings is 1. The molecule has 0 bridgehead atoms. The van der Waals surface area contributed by atoms with Crippen LogP contribution in [0.15, 0.2) is 18.2 Å². The van der Waals surface area contributed by atoms with Crippen molar-refractivity contribution < 1.29 is 9.18 Å². The van der Waals surface area contributed by atoms with Gasteiger partial charge in [-0.15, -0.1) is 0 Å². The lowest BCUT2D eigenvalue weighted by Crippen LogP contribution is -2.37. The van der Waals surface area contributed by atoms with Crippen LogP contribution in [0.1, 0.15) is 48.9 Å². The molecule has 0 heterocycles. The van der Waals surface area contributed by atoms with Gasteiger partial charge >= 0.3 is 0 Å². The molecule has 104 valence electrons. The molecule has 1 aliphatic rings. The summed E-state index contributed by atoms with van der Waals surface area (Å²) in [6.07, 6.45) is 6.77. The van der Waals surface area contributed by atoms with E-state index in [0.29, 0.717) is 5.02 Å². The molecule has 0 aromatic heterocycles. The predicted octanol–water partition coefficient (Wildman–Crippen LogP) is 4.27. The largest absolute Gasteiger partial charge is 0.339 e. The van der Waals surface area contributed by atoms with E-state index in [1.807, 2.05) is 0 Å². The molecule has 1 fully saturated rings. The van der Waals surface area contributed by atoms with Crippen molar-refractivity contribution in [3.63, 3.8) is 0 Å². The van der Waals surface area contributed by atoms with Gasteiger partial charge in [-0.3, -0.25) is 4.79 Å². The maximum atomic E-state index is 13.8. The lowest BCUT2D eigenvalue weighted by molar-refractivity contribution is 0.0713. The molecule has 19 heavy (non-hydrogen) atoms. The van der Waals surface area contributed by atoms with Crippen molar-refractivity contribution in [3.05, 3.63) is 34.6 Å². The molecule has 0 atom stereocenters. The second-order valence-corrected chi connectivity index (χ2v) is 5.62. The van der Waals surface area contributed by atoms with Crippen LogP contribution in [-0.4, -0.2) is 23.9 Å². The van der Waals surface area contributed by atoms with Gasteiger partial charge in [0.15, 0.2) is 0 Å². The van der Waals surface area contributed by atoms with Gasteiger partial charge in [-0.2, -0.15) is 0 Å². The summed E-state index contributed by atoms with van der Waals surface area (Å²) < 4.78 is 13.8. The molecular formula is C15H19ClFNO.